The summed E-state index contributed by atoms with van der Waals surface area (Å²) in [5.74, 6) is -3.62. The summed E-state index contributed by atoms with van der Waals surface area (Å²) < 4.78 is 0. The summed E-state index contributed by atoms with van der Waals surface area (Å²) in [6, 6.07) is 0. The second-order valence-corrected chi connectivity index (χ2v) is 5.43. The summed E-state index contributed by atoms with van der Waals surface area (Å²) >= 11 is 0. The van der Waals surface area contributed by atoms with Crippen molar-refractivity contribution >= 4 is 33.5 Å². The molecule has 0 saturated heterocycles. The number of H-pyrrole nitrogens is 2. The van der Waals surface area contributed by atoms with Crippen LogP contribution in [0.15, 0.2) is 19.2 Å². The molecule has 0 unspecified atom stereocenters. The van der Waals surface area contributed by atoms with Crippen LogP contribution in [0.25, 0.3) is 21.5 Å². The van der Waals surface area contributed by atoms with Crippen LogP contribution in [0.2, 0.25) is 0 Å². The topological polar surface area (TPSA) is 174 Å². The lowest BCUT2D eigenvalue weighted by Gasteiger charge is -2.04. The van der Waals surface area contributed by atoms with E-state index >= 15 is 0 Å². The van der Waals surface area contributed by atoms with Gasteiger partial charge in [0.1, 0.15) is 0 Å². The zero-order chi connectivity index (χ0) is 19.8. The predicted octanol–water partition coefficient (Wildman–Crippen LogP) is 0.168. The monoisotopic (exact) mass is 362 g/mol. The first-order valence-corrected chi connectivity index (χ1v) is 7.59. The van der Waals surface area contributed by atoms with Gasteiger partial charge in [-0.2, -0.15) is 0 Å². The van der Waals surface area contributed by atoms with Gasteiger partial charge in [0.2, 0.25) is 0 Å². The Labute approximate surface area is 143 Å². The van der Waals surface area contributed by atoms with Crippen LogP contribution >= 0.6 is 0 Å². The molecule has 0 atom stereocenters. The number of aromatic amines is 2. The van der Waals surface area contributed by atoms with Crippen LogP contribution in [-0.4, -0.2) is 32.1 Å². The Morgan fingerprint density at radius 1 is 0.654 bits per heavy atom. The molecule has 10 heteroatoms. The normalized spacial score (nSPS) is 10.7. The second-order valence-electron chi connectivity index (χ2n) is 5.43. The Balaban J connectivity index is 0.000000552. The van der Waals surface area contributed by atoms with Crippen molar-refractivity contribution in [2.75, 3.05) is 0 Å². The third kappa shape index (κ3) is 2.70. The fraction of sp³-hybridized carbons (Fsp3) is 0.250. The van der Waals surface area contributed by atoms with E-state index in [4.69, 9.17) is 0 Å². The maximum Gasteiger partial charge on any atom is 0.337 e. The lowest BCUT2D eigenvalue weighted by Crippen LogP contribution is -2.15. The smallest absolute Gasteiger partial charge is 0.337 e. The number of rotatable bonds is 3. The number of hydrogen-bond acceptors (Lipinski definition) is 6. The van der Waals surface area contributed by atoms with Crippen LogP contribution in [0.1, 0.15) is 47.4 Å². The Bertz CT molecular complexity index is 1140. The van der Waals surface area contributed by atoms with Gasteiger partial charge < -0.3 is 10.2 Å². The fourth-order valence-electron chi connectivity index (χ4n) is 2.54. The molecule has 3 rings (SSSR count). The van der Waals surface area contributed by atoms with Crippen LogP contribution in [0.4, 0.5) is 0 Å². The first-order valence-electron chi connectivity index (χ1n) is 7.59. The van der Waals surface area contributed by atoms with E-state index < -0.39 is 66.8 Å². The minimum Gasteiger partial charge on any atom is -0.478 e. The van der Waals surface area contributed by atoms with Gasteiger partial charge in [-0.1, -0.05) is 26.7 Å². The number of fused-ring (bicyclic) bond motifs is 3. The average molecular weight is 362 g/mol. The Hall–Kier alpha value is -3.56. The number of carbonyl (C=O) groups is 2. The molecule has 136 valence electrons. The summed E-state index contributed by atoms with van der Waals surface area (Å²) in [4.78, 5) is 73.4. The van der Waals surface area contributed by atoms with Crippen molar-refractivity contribution in [3.63, 3.8) is 0 Å². The van der Waals surface area contributed by atoms with Gasteiger partial charge in [0, 0.05) is 0 Å². The zero-order valence-electron chi connectivity index (χ0n) is 13.8. The highest BCUT2D eigenvalue weighted by atomic mass is 16.4. The SMILES string of the molecule is CCCC.O=C(O)c1c(C(=O)O)c2c(=O)[nH]c(=O)c2c2c(=O)[nH]c(=O)c12. The highest BCUT2D eigenvalue weighted by Gasteiger charge is 2.31. The van der Waals surface area contributed by atoms with Gasteiger partial charge in [-0.3, -0.25) is 29.1 Å². The van der Waals surface area contributed by atoms with E-state index in [0.717, 1.165) is 0 Å². The third-order valence-electron chi connectivity index (χ3n) is 3.79. The number of carboxylic acid groups (broad SMARTS) is 2. The lowest BCUT2D eigenvalue weighted by molar-refractivity contribution is 0.0655. The third-order valence-corrected chi connectivity index (χ3v) is 3.79. The van der Waals surface area contributed by atoms with Crippen LogP contribution < -0.4 is 22.2 Å². The molecule has 3 aromatic rings. The number of carboxylic acids is 2. The molecule has 0 amide bonds. The van der Waals surface area contributed by atoms with E-state index in [1.807, 2.05) is 0 Å². The number of nitrogens with one attached hydrogen (secondary N) is 2. The maximum absolute atomic E-state index is 11.8. The van der Waals surface area contributed by atoms with E-state index in [1.54, 1.807) is 9.97 Å². The van der Waals surface area contributed by atoms with Gasteiger partial charge in [0.25, 0.3) is 22.2 Å². The van der Waals surface area contributed by atoms with Gasteiger partial charge in [-0.25, -0.2) is 9.59 Å². The number of aromatic carboxylic acids is 2. The van der Waals surface area contributed by atoms with Crippen molar-refractivity contribution in [1.29, 1.82) is 0 Å². The van der Waals surface area contributed by atoms with Crippen molar-refractivity contribution in [3.8, 4) is 0 Å². The van der Waals surface area contributed by atoms with Crippen molar-refractivity contribution in [3.05, 3.63) is 52.5 Å². The number of hydrogen-bond donors (Lipinski definition) is 4. The molecule has 1 aromatic carbocycles. The predicted molar refractivity (Wildman–Crippen MR) is 92.1 cm³/mol. The van der Waals surface area contributed by atoms with E-state index in [-0.39, 0.29) is 0 Å². The van der Waals surface area contributed by atoms with Gasteiger partial charge in [0.05, 0.1) is 32.7 Å². The first-order chi connectivity index (χ1) is 12.2. The van der Waals surface area contributed by atoms with Crippen LogP contribution in [0, 0.1) is 0 Å². The molecule has 0 saturated carbocycles. The summed E-state index contributed by atoms with van der Waals surface area (Å²) in [5.41, 5.74) is -6.44. The maximum atomic E-state index is 11.8. The van der Waals surface area contributed by atoms with Gasteiger partial charge in [-0.05, 0) is 0 Å². The molecule has 0 radical (unpaired) electrons. The largest absolute Gasteiger partial charge is 0.478 e. The summed E-state index contributed by atoms with van der Waals surface area (Å²) in [5, 5.41) is 15.7. The van der Waals surface area contributed by atoms with E-state index in [0.29, 0.717) is 0 Å². The van der Waals surface area contributed by atoms with Crippen LogP contribution in [-0.2, 0) is 0 Å². The molecule has 2 heterocycles. The zero-order valence-corrected chi connectivity index (χ0v) is 13.8. The summed E-state index contributed by atoms with van der Waals surface area (Å²) in [6.07, 6.45) is 2.64. The van der Waals surface area contributed by atoms with Gasteiger partial charge in [0.15, 0.2) is 0 Å². The minimum absolute atomic E-state index is 0.606. The van der Waals surface area contributed by atoms with Crippen molar-refractivity contribution in [1.82, 2.24) is 9.97 Å². The average Bonchev–Trinajstić information content (AvgIpc) is 3.02. The van der Waals surface area contributed by atoms with E-state index in [1.165, 1.54) is 12.8 Å². The minimum atomic E-state index is -1.81. The standard InChI is InChI=1S/C12H4N2O8.C4H10/c15-7-1-2-4(10(18)14-8(2)16)6(12(21)22)5(11(19)20)3(1)9(17)13-7;1-3-4-2/h(H,19,20)(H,21,22)(H,13,15,17)(H,14,16,18);3-4H2,1-2H3. The highest BCUT2D eigenvalue weighted by molar-refractivity contribution is 6.23. The van der Waals surface area contributed by atoms with Gasteiger partial charge >= 0.3 is 11.9 Å². The number of benzene rings is 1. The summed E-state index contributed by atoms with van der Waals surface area (Å²) in [7, 11) is 0. The Morgan fingerprint density at radius 2 is 0.923 bits per heavy atom. The molecule has 2 aromatic heterocycles. The fourth-order valence-corrected chi connectivity index (χ4v) is 2.54. The molecular weight excluding hydrogens is 348 g/mol. The van der Waals surface area contributed by atoms with Gasteiger partial charge in [-0.15, -0.1) is 0 Å². The molecular formula is C16H14N2O8. The van der Waals surface area contributed by atoms with E-state index in [9.17, 15) is 39.0 Å². The van der Waals surface area contributed by atoms with Crippen molar-refractivity contribution in [2.45, 2.75) is 26.7 Å². The molecule has 26 heavy (non-hydrogen) atoms. The quantitative estimate of drug-likeness (QED) is 0.510. The van der Waals surface area contributed by atoms with E-state index in [2.05, 4.69) is 13.8 Å². The second kappa shape index (κ2) is 6.75. The molecule has 0 aliphatic carbocycles. The summed E-state index contributed by atoms with van der Waals surface area (Å²) in [6.45, 7) is 4.36. The van der Waals surface area contributed by atoms with Crippen LogP contribution in [0.3, 0.4) is 0 Å². The Morgan fingerprint density at radius 3 is 1.15 bits per heavy atom. The highest BCUT2D eigenvalue weighted by Crippen LogP contribution is 2.26. The molecule has 10 nitrogen and oxygen atoms in total. The molecule has 0 spiro atoms. The molecule has 0 fully saturated rings. The molecule has 0 aliphatic rings. The lowest BCUT2D eigenvalue weighted by atomic mass is 9.96. The first kappa shape index (κ1) is 18.8. The van der Waals surface area contributed by atoms with Crippen LogP contribution in [0.5, 0.6) is 0 Å². The van der Waals surface area contributed by atoms with Crippen molar-refractivity contribution < 1.29 is 19.8 Å². The Kier molecular flexibility index (Phi) is 4.87. The number of unbranched alkanes of at least 4 members (excludes halogenated alkanes) is 1. The molecule has 0 aliphatic heterocycles. The molecule has 0 bridgehead atoms. The van der Waals surface area contributed by atoms with Crippen molar-refractivity contribution in [2.24, 2.45) is 0 Å². The number of aromatic nitrogens is 2. The molecule has 4 N–H and O–H groups in total.